The highest BCUT2D eigenvalue weighted by atomic mass is 14.1. The highest BCUT2D eigenvalue weighted by Crippen LogP contribution is 2.15. The molecule has 0 unspecified atom stereocenters. The van der Waals surface area contributed by atoms with Crippen molar-refractivity contribution in [3.8, 4) is 0 Å². The van der Waals surface area contributed by atoms with Crippen molar-refractivity contribution in [2.45, 2.75) is 27.7 Å². The Kier molecular flexibility index (Phi) is 3.94. The minimum Gasteiger partial charge on any atom is -0.0620 e. The van der Waals surface area contributed by atoms with Crippen LogP contribution < -0.4 is 0 Å². The third-order valence-corrected chi connectivity index (χ3v) is 1.88. The van der Waals surface area contributed by atoms with Gasteiger partial charge < -0.3 is 0 Å². The molecule has 0 saturated carbocycles. The van der Waals surface area contributed by atoms with Gasteiger partial charge in [0.05, 0.1) is 0 Å². The largest absolute Gasteiger partial charge is 0.0620 e. The summed E-state index contributed by atoms with van der Waals surface area (Å²) in [5.74, 6) is 1.47. The standard InChI is InChI=1S/C8H16/c1-5-7(3)8(4)6-2/h5-8H,1-4H3/t7-,8-/m1/s1. The molecule has 0 aromatic heterocycles. The van der Waals surface area contributed by atoms with E-state index >= 15 is 0 Å². The average Bonchev–Trinajstić information content (AvgIpc) is 1.84. The van der Waals surface area contributed by atoms with Gasteiger partial charge in [0, 0.05) is 0 Å². The zero-order valence-corrected chi connectivity index (χ0v) is 6.31. The predicted molar refractivity (Wildman–Crippen MR) is 38.3 cm³/mol. The highest BCUT2D eigenvalue weighted by molar-refractivity contribution is 4.79. The molecule has 0 fully saturated rings. The van der Waals surface area contributed by atoms with E-state index in [1.807, 2.05) is 0 Å². The molecule has 8 heavy (non-hydrogen) atoms. The Hall–Kier alpha value is 0. The summed E-state index contributed by atoms with van der Waals surface area (Å²) in [6.45, 7) is 8.71. The lowest BCUT2D eigenvalue weighted by atomic mass is 9.92. The van der Waals surface area contributed by atoms with E-state index in [0.29, 0.717) is 0 Å². The molecule has 0 aromatic rings. The maximum Gasteiger partial charge on any atom is -0.0386 e. The fourth-order valence-electron chi connectivity index (χ4n) is 0.607. The van der Waals surface area contributed by atoms with E-state index < -0.39 is 0 Å². The molecule has 0 aliphatic rings. The van der Waals surface area contributed by atoms with Crippen LogP contribution in [-0.2, 0) is 0 Å². The molecular weight excluding hydrogens is 96.1 g/mol. The van der Waals surface area contributed by atoms with Crippen molar-refractivity contribution >= 4 is 0 Å². The maximum absolute atomic E-state index is 2.24. The predicted octanol–water partition coefficient (Wildman–Crippen LogP) is 2.71. The van der Waals surface area contributed by atoms with E-state index in [2.05, 4.69) is 40.5 Å². The van der Waals surface area contributed by atoms with Crippen molar-refractivity contribution in [2.75, 3.05) is 0 Å². The van der Waals surface area contributed by atoms with Gasteiger partial charge in [0.2, 0.25) is 0 Å². The fourth-order valence-corrected chi connectivity index (χ4v) is 0.607. The van der Waals surface area contributed by atoms with Crippen molar-refractivity contribution in [1.82, 2.24) is 0 Å². The van der Waals surface area contributed by atoms with Crippen LogP contribution in [0.15, 0.2) is 0 Å². The van der Waals surface area contributed by atoms with Crippen LogP contribution in [0.5, 0.6) is 0 Å². The second-order valence-corrected chi connectivity index (χ2v) is 2.38. The van der Waals surface area contributed by atoms with Gasteiger partial charge in [-0.05, 0) is 24.7 Å². The van der Waals surface area contributed by atoms with E-state index in [1.54, 1.807) is 0 Å². The SMILES string of the molecule is C[CH][C@@H](C)[C@H](C)[CH]C. The zero-order valence-electron chi connectivity index (χ0n) is 6.31. The first-order valence-corrected chi connectivity index (χ1v) is 3.31. The minimum absolute atomic E-state index is 0.736. The Bertz CT molecular complexity index is 40.0. The second kappa shape index (κ2) is 3.94. The van der Waals surface area contributed by atoms with Crippen LogP contribution in [0.2, 0.25) is 0 Å². The van der Waals surface area contributed by atoms with Crippen molar-refractivity contribution in [2.24, 2.45) is 11.8 Å². The van der Waals surface area contributed by atoms with Crippen molar-refractivity contribution in [1.29, 1.82) is 0 Å². The Labute approximate surface area is 53.3 Å². The zero-order chi connectivity index (χ0) is 6.57. The van der Waals surface area contributed by atoms with Gasteiger partial charge >= 0.3 is 0 Å². The van der Waals surface area contributed by atoms with Gasteiger partial charge in [0.25, 0.3) is 0 Å². The van der Waals surface area contributed by atoms with Crippen LogP contribution in [-0.4, -0.2) is 0 Å². The lowest BCUT2D eigenvalue weighted by molar-refractivity contribution is 0.493. The first-order valence-electron chi connectivity index (χ1n) is 3.31. The Morgan fingerprint density at radius 1 is 0.875 bits per heavy atom. The summed E-state index contributed by atoms with van der Waals surface area (Å²) in [6.07, 6.45) is 4.48. The molecule has 2 radical (unpaired) electrons. The molecule has 0 amide bonds. The molecule has 0 heterocycles. The van der Waals surface area contributed by atoms with E-state index in [1.165, 1.54) is 0 Å². The molecule has 0 rings (SSSR count). The molecule has 48 valence electrons. The quantitative estimate of drug-likeness (QED) is 0.526. The van der Waals surface area contributed by atoms with E-state index in [4.69, 9.17) is 0 Å². The molecule has 0 nitrogen and oxygen atoms in total. The number of hydrogen-bond donors (Lipinski definition) is 0. The summed E-state index contributed by atoms with van der Waals surface area (Å²) in [5, 5.41) is 0. The number of rotatable bonds is 3. The molecule has 0 bridgehead atoms. The van der Waals surface area contributed by atoms with E-state index in [9.17, 15) is 0 Å². The van der Waals surface area contributed by atoms with Crippen LogP contribution in [0.25, 0.3) is 0 Å². The smallest absolute Gasteiger partial charge is 0.0386 e. The third-order valence-electron chi connectivity index (χ3n) is 1.88. The molecule has 0 aliphatic heterocycles. The molecule has 2 atom stereocenters. The molecule has 0 aliphatic carbocycles. The lowest BCUT2D eigenvalue weighted by Gasteiger charge is -2.14. The van der Waals surface area contributed by atoms with Crippen molar-refractivity contribution in [3.05, 3.63) is 12.8 Å². The van der Waals surface area contributed by atoms with Gasteiger partial charge in [-0.1, -0.05) is 27.7 Å². The molecule has 0 heteroatoms. The second-order valence-electron chi connectivity index (χ2n) is 2.38. The monoisotopic (exact) mass is 112 g/mol. The topological polar surface area (TPSA) is 0 Å². The van der Waals surface area contributed by atoms with Crippen molar-refractivity contribution < 1.29 is 0 Å². The Morgan fingerprint density at radius 2 is 1.12 bits per heavy atom. The van der Waals surface area contributed by atoms with Crippen LogP contribution in [0.1, 0.15) is 27.7 Å². The molecule has 0 N–H and O–H groups in total. The summed E-state index contributed by atoms with van der Waals surface area (Å²) in [6, 6.07) is 0. The first kappa shape index (κ1) is 8.00. The summed E-state index contributed by atoms with van der Waals surface area (Å²) in [5.41, 5.74) is 0. The van der Waals surface area contributed by atoms with Gasteiger partial charge in [-0.15, -0.1) is 0 Å². The fraction of sp³-hybridized carbons (Fsp3) is 0.750. The van der Waals surface area contributed by atoms with Crippen LogP contribution in [0.3, 0.4) is 0 Å². The van der Waals surface area contributed by atoms with Crippen LogP contribution in [0, 0.1) is 24.7 Å². The summed E-state index contributed by atoms with van der Waals surface area (Å²) in [4.78, 5) is 0. The van der Waals surface area contributed by atoms with E-state index in [0.717, 1.165) is 11.8 Å². The summed E-state index contributed by atoms with van der Waals surface area (Å²) < 4.78 is 0. The van der Waals surface area contributed by atoms with Gasteiger partial charge in [0.1, 0.15) is 0 Å². The van der Waals surface area contributed by atoms with Gasteiger partial charge in [-0.3, -0.25) is 0 Å². The molecule has 0 aromatic carbocycles. The van der Waals surface area contributed by atoms with Crippen molar-refractivity contribution in [3.63, 3.8) is 0 Å². The normalized spacial score (nSPS) is 18.0. The molecule has 0 spiro atoms. The first-order chi connectivity index (χ1) is 3.72. The van der Waals surface area contributed by atoms with Gasteiger partial charge in [-0.2, -0.15) is 0 Å². The van der Waals surface area contributed by atoms with Crippen LogP contribution in [0.4, 0.5) is 0 Å². The Balaban J connectivity index is 3.29. The Morgan fingerprint density at radius 3 is 1.25 bits per heavy atom. The molecule has 0 saturated heterocycles. The summed E-state index contributed by atoms with van der Waals surface area (Å²) >= 11 is 0. The molecular formula is C8H16. The lowest BCUT2D eigenvalue weighted by Crippen LogP contribution is -2.05. The summed E-state index contributed by atoms with van der Waals surface area (Å²) in [7, 11) is 0. The average molecular weight is 112 g/mol. The third kappa shape index (κ3) is 2.34. The highest BCUT2D eigenvalue weighted by Gasteiger charge is 2.06. The van der Waals surface area contributed by atoms with Crippen LogP contribution >= 0.6 is 0 Å². The van der Waals surface area contributed by atoms with Gasteiger partial charge in [0.15, 0.2) is 0 Å². The number of hydrogen-bond acceptors (Lipinski definition) is 0. The van der Waals surface area contributed by atoms with E-state index in [-0.39, 0.29) is 0 Å². The minimum atomic E-state index is 0.736. The maximum atomic E-state index is 2.24. The van der Waals surface area contributed by atoms with Gasteiger partial charge in [-0.25, -0.2) is 0 Å².